The number of piperidine rings is 1. The largest absolute Gasteiger partial charge is 0.437 e. The maximum Gasteiger partial charge on any atom is 0.252 e. The molecular formula is C21H28N4O2S. The molecule has 2 heterocycles. The van der Waals surface area contributed by atoms with Crippen molar-refractivity contribution in [2.75, 3.05) is 25.4 Å². The third-order valence-electron chi connectivity index (χ3n) is 4.87. The zero-order chi connectivity index (χ0) is 19.8. The maximum atomic E-state index is 12.2. The molecule has 0 saturated carbocycles. The van der Waals surface area contributed by atoms with Crippen LogP contribution in [-0.4, -0.2) is 52.2 Å². The molecule has 0 unspecified atom stereocenters. The van der Waals surface area contributed by atoms with E-state index in [1.165, 1.54) is 31.0 Å². The fourth-order valence-electron chi connectivity index (χ4n) is 3.21. The van der Waals surface area contributed by atoms with E-state index in [4.69, 9.17) is 4.74 Å². The highest BCUT2D eigenvalue weighted by Gasteiger charge is 2.17. The molecule has 1 aromatic carbocycles. The van der Waals surface area contributed by atoms with Crippen LogP contribution in [0.3, 0.4) is 0 Å². The van der Waals surface area contributed by atoms with Crippen molar-refractivity contribution in [3.63, 3.8) is 0 Å². The van der Waals surface area contributed by atoms with E-state index in [0.717, 1.165) is 18.7 Å². The lowest BCUT2D eigenvalue weighted by molar-refractivity contribution is -0.118. The average molecular weight is 401 g/mol. The van der Waals surface area contributed by atoms with Gasteiger partial charge in [0.05, 0.1) is 5.75 Å². The molecule has 0 bridgehead atoms. The Bertz CT molecular complexity index is 769. The highest BCUT2D eigenvalue weighted by molar-refractivity contribution is 8.00. The number of aromatic nitrogens is 2. The van der Waals surface area contributed by atoms with E-state index in [1.54, 1.807) is 12.4 Å². The molecule has 1 atom stereocenters. The highest BCUT2D eigenvalue weighted by Crippen LogP contribution is 2.28. The Hall–Kier alpha value is -2.12. The lowest BCUT2D eigenvalue weighted by atomic mass is 10.0. The fraction of sp³-hybridized carbons (Fsp3) is 0.476. The minimum Gasteiger partial charge on any atom is -0.437 e. The van der Waals surface area contributed by atoms with E-state index in [1.807, 2.05) is 31.2 Å². The minimum absolute atomic E-state index is 0.00148. The Balaban J connectivity index is 1.46. The summed E-state index contributed by atoms with van der Waals surface area (Å²) in [7, 11) is 0. The lowest BCUT2D eigenvalue weighted by Gasteiger charge is -2.33. The number of aryl methyl sites for hydroxylation is 1. The predicted molar refractivity (Wildman–Crippen MR) is 112 cm³/mol. The van der Waals surface area contributed by atoms with Crippen LogP contribution in [0.15, 0.2) is 41.7 Å². The molecule has 1 fully saturated rings. The quantitative estimate of drug-likeness (QED) is 0.682. The third-order valence-corrected chi connectivity index (χ3v) is 5.83. The molecule has 28 heavy (non-hydrogen) atoms. The predicted octanol–water partition coefficient (Wildman–Crippen LogP) is 3.66. The maximum absolute atomic E-state index is 12.2. The van der Waals surface area contributed by atoms with Gasteiger partial charge in [0, 0.05) is 31.5 Å². The molecule has 1 aliphatic rings. The summed E-state index contributed by atoms with van der Waals surface area (Å²) < 4.78 is 5.84. The van der Waals surface area contributed by atoms with Gasteiger partial charge in [0.25, 0.3) is 5.88 Å². The van der Waals surface area contributed by atoms with Crippen LogP contribution in [0.5, 0.6) is 11.6 Å². The van der Waals surface area contributed by atoms with E-state index in [-0.39, 0.29) is 5.91 Å². The van der Waals surface area contributed by atoms with Gasteiger partial charge in [-0.05, 0) is 45.4 Å². The van der Waals surface area contributed by atoms with Crippen LogP contribution in [-0.2, 0) is 4.79 Å². The van der Waals surface area contributed by atoms with Crippen molar-refractivity contribution in [1.82, 2.24) is 20.2 Å². The van der Waals surface area contributed by atoms with Gasteiger partial charge in [0.15, 0.2) is 5.03 Å². The van der Waals surface area contributed by atoms with Crippen LogP contribution >= 0.6 is 11.8 Å². The Morgan fingerprint density at radius 2 is 2.04 bits per heavy atom. The fourth-order valence-corrected chi connectivity index (χ4v) is 3.94. The Kier molecular flexibility index (Phi) is 7.68. The number of likely N-dealkylation sites (tertiary alicyclic amines) is 1. The molecule has 0 spiro atoms. The highest BCUT2D eigenvalue weighted by atomic mass is 32.2. The van der Waals surface area contributed by atoms with Crippen molar-refractivity contribution in [1.29, 1.82) is 0 Å². The SMILES string of the molecule is Cc1ccc(Oc2nccnc2SCC(=O)NCCN2CCCC[C@H]2C)cc1. The van der Waals surface area contributed by atoms with Crippen molar-refractivity contribution < 1.29 is 9.53 Å². The topological polar surface area (TPSA) is 67.3 Å². The van der Waals surface area contributed by atoms with E-state index in [0.29, 0.717) is 35.0 Å². The number of hydrogen-bond acceptors (Lipinski definition) is 6. The van der Waals surface area contributed by atoms with Crippen molar-refractivity contribution in [2.24, 2.45) is 0 Å². The lowest BCUT2D eigenvalue weighted by Crippen LogP contribution is -2.42. The average Bonchev–Trinajstić information content (AvgIpc) is 2.70. The van der Waals surface area contributed by atoms with Gasteiger partial charge in [-0.2, -0.15) is 0 Å². The van der Waals surface area contributed by atoms with Crippen LogP contribution in [0.25, 0.3) is 0 Å². The number of ether oxygens (including phenoxy) is 1. The molecule has 6 nitrogen and oxygen atoms in total. The van der Waals surface area contributed by atoms with Crippen LogP contribution in [0, 0.1) is 6.92 Å². The summed E-state index contributed by atoms with van der Waals surface area (Å²) >= 11 is 1.34. The number of rotatable bonds is 8. The molecule has 1 aliphatic heterocycles. The van der Waals surface area contributed by atoms with Crippen LogP contribution in [0.4, 0.5) is 0 Å². The van der Waals surface area contributed by atoms with E-state index in [2.05, 4.69) is 27.1 Å². The molecule has 1 amide bonds. The number of benzene rings is 1. The number of nitrogens with one attached hydrogen (secondary N) is 1. The summed E-state index contributed by atoms with van der Waals surface area (Å²) in [5.41, 5.74) is 1.16. The molecule has 0 radical (unpaired) electrons. The molecule has 1 saturated heterocycles. The second-order valence-corrected chi connectivity index (χ2v) is 8.07. The van der Waals surface area contributed by atoms with Gasteiger partial charge >= 0.3 is 0 Å². The van der Waals surface area contributed by atoms with E-state index < -0.39 is 0 Å². The van der Waals surface area contributed by atoms with Crippen LogP contribution in [0.1, 0.15) is 31.7 Å². The monoisotopic (exact) mass is 400 g/mol. The molecule has 0 aliphatic carbocycles. The number of thioether (sulfide) groups is 1. The molecule has 2 aromatic rings. The second-order valence-electron chi connectivity index (χ2n) is 7.10. The number of hydrogen-bond donors (Lipinski definition) is 1. The first-order valence-corrected chi connectivity index (χ1v) is 10.8. The van der Waals surface area contributed by atoms with Crippen molar-refractivity contribution in [2.45, 2.75) is 44.2 Å². The van der Waals surface area contributed by atoms with Gasteiger partial charge in [-0.1, -0.05) is 35.9 Å². The zero-order valence-corrected chi connectivity index (χ0v) is 17.4. The normalized spacial score (nSPS) is 17.3. The van der Waals surface area contributed by atoms with Crippen LogP contribution in [0.2, 0.25) is 0 Å². The third kappa shape index (κ3) is 6.21. The van der Waals surface area contributed by atoms with E-state index in [9.17, 15) is 4.79 Å². The summed E-state index contributed by atoms with van der Waals surface area (Å²) in [6.07, 6.45) is 7.02. The summed E-state index contributed by atoms with van der Waals surface area (Å²) in [5, 5.41) is 3.62. The summed E-state index contributed by atoms with van der Waals surface area (Å²) in [6, 6.07) is 8.37. The van der Waals surface area contributed by atoms with Crippen molar-refractivity contribution >= 4 is 17.7 Å². The number of carbonyl (C=O) groups excluding carboxylic acids is 1. The summed E-state index contributed by atoms with van der Waals surface area (Å²) in [5.74, 6) is 1.42. The number of amides is 1. The van der Waals surface area contributed by atoms with Gasteiger partial charge < -0.3 is 10.1 Å². The van der Waals surface area contributed by atoms with E-state index >= 15 is 0 Å². The van der Waals surface area contributed by atoms with Crippen molar-refractivity contribution in [3.05, 3.63) is 42.2 Å². The Morgan fingerprint density at radius 3 is 2.82 bits per heavy atom. The molecular weight excluding hydrogens is 372 g/mol. The first-order chi connectivity index (χ1) is 13.6. The van der Waals surface area contributed by atoms with Crippen LogP contribution < -0.4 is 10.1 Å². The number of carbonyl (C=O) groups is 1. The second kappa shape index (κ2) is 10.4. The summed E-state index contributed by atoms with van der Waals surface area (Å²) in [6.45, 7) is 7.00. The van der Waals surface area contributed by atoms with Gasteiger partial charge in [-0.15, -0.1) is 0 Å². The first-order valence-electron chi connectivity index (χ1n) is 9.81. The molecule has 1 N–H and O–H groups in total. The Morgan fingerprint density at radius 1 is 1.25 bits per heavy atom. The molecule has 7 heteroatoms. The molecule has 150 valence electrons. The summed E-state index contributed by atoms with van der Waals surface area (Å²) in [4.78, 5) is 23.2. The molecule has 3 rings (SSSR count). The Labute approximate surface area is 171 Å². The smallest absolute Gasteiger partial charge is 0.252 e. The van der Waals surface area contributed by atoms with Gasteiger partial charge in [-0.3, -0.25) is 9.69 Å². The van der Waals surface area contributed by atoms with Gasteiger partial charge in [0.1, 0.15) is 5.75 Å². The van der Waals surface area contributed by atoms with Gasteiger partial charge in [0.2, 0.25) is 5.91 Å². The zero-order valence-electron chi connectivity index (χ0n) is 16.6. The van der Waals surface area contributed by atoms with Gasteiger partial charge in [-0.25, -0.2) is 9.97 Å². The molecule has 1 aromatic heterocycles. The number of nitrogens with zero attached hydrogens (tertiary/aromatic N) is 3. The van der Waals surface area contributed by atoms with Crippen molar-refractivity contribution in [3.8, 4) is 11.6 Å². The standard InChI is InChI=1S/C21H28N4O2S/c1-16-6-8-18(9-7-16)27-20-21(24-11-10-23-20)28-15-19(26)22-12-14-25-13-4-3-5-17(25)2/h6-11,17H,3-5,12-15H2,1-2H3,(H,22,26)/t17-/m1/s1. The minimum atomic E-state index is 0.00148. The first kappa shape index (κ1) is 20.6.